The summed E-state index contributed by atoms with van der Waals surface area (Å²) in [5.74, 6) is 5.46. The third-order valence-electron chi connectivity index (χ3n) is 6.09. The van der Waals surface area contributed by atoms with Gasteiger partial charge in [0.05, 0.1) is 0 Å². The van der Waals surface area contributed by atoms with Crippen LogP contribution in [0.3, 0.4) is 0 Å². The minimum absolute atomic E-state index is 0.873. The van der Waals surface area contributed by atoms with E-state index < -0.39 is 0 Å². The summed E-state index contributed by atoms with van der Waals surface area (Å²) in [6.45, 7) is 4.56. The van der Waals surface area contributed by atoms with Crippen molar-refractivity contribution in [2.75, 3.05) is 0 Å². The lowest BCUT2D eigenvalue weighted by molar-refractivity contribution is 0.320. The smallest absolute Gasteiger partial charge is 0.00271 e. The summed E-state index contributed by atoms with van der Waals surface area (Å²) < 4.78 is 0. The van der Waals surface area contributed by atoms with Crippen LogP contribution in [0.4, 0.5) is 0 Å². The van der Waals surface area contributed by atoms with E-state index in [0.29, 0.717) is 0 Å². The summed E-state index contributed by atoms with van der Waals surface area (Å²) in [6.07, 6.45) is 29.0. The highest BCUT2D eigenvalue weighted by Gasteiger charge is 2.30. The molecule has 0 aromatic rings. The average molecular weight is 329 g/mol. The summed E-state index contributed by atoms with van der Waals surface area (Å²) in [7, 11) is 0. The number of unbranched alkanes of at least 4 members (excludes halogenated alkanes) is 4. The average Bonchev–Trinajstić information content (AvgIpc) is 2.64. The van der Waals surface area contributed by atoms with Crippen LogP contribution in [0.2, 0.25) is 0 Å². The van der Waals surface area contributed by atoms with Gasteiger partial charge < -0.3 is 0 Å². The Morgan fingerprint density at radius 1 is 0.792 bits per heavy atom. The van der Waals surface area contributed by atoms with Crippen LogP contribution in [0.5, 0.6) is 0 Å². The highest BCUT2D eigenvalue weighted by Crippen LogP contribution is 2.43. The van der Waals surface area contributed by atoms with Crippen LogP contribution in [0.25, 0.3) is 0 Å². The second-order valence-electron chi connectivity index (χ2n) is 8.04. The Bertz CT molecular complexity index is 312. The van der Waals surface area contributed by atoms with Crippen LogP contribution in [0, 0.1) is 23.7 Å². The molecule has 0 heteroatoms. The van der Waals surface area contributed by atoms with E-state index in [0.717, 1.165) is 11.8 Å². The van der Waals surface area contributed by atoms with Gasteiger partial charge in [0.25, 0.3) is 0 Å². The van der Waals surface area contributed by atoms with E-state index >= 15 is 0 Å². The van der Waals surface area contributed by atoms with Crippen molar-refractivity contribution in [2.24, 2.45) is 11.8 Å². The molecule has 2 aliphatic carbocycles. The second-order valence-corrected chi connectivity index (χ2v) is 8.04. The van der Waals surface area contributed by atoms with Crippen molar-refractivity contribution in [3.8, 4) is 0 Å². The maximum atomic E-state index is 2.53. The maximum Gasteiger partial charge on any atom is -0.00271 e. The zero-order valence-electron chi connectivity index (χ0n) is 16.4. The van der Waals surface area contributed by atoms with Gasteiger partial charge in [-0.3, -0.25) is 0 Å². The fraction of sp³-hybridized carbons (Fsp3) is 0.750. The van der Waals surface area contributed by atoms with E-state index in [4.69, 9.17) is 0 Å². The molecule has 0 spiro atoms. The topological polar surface area (TPSA) is 0 Å². The Balaban J connectivity index is 1.62. The molecule has 0 amide bonds. The van der Waals surface area contributed by atoms with Crippen molar-refractivity contribution in [3.05, 3.63) is 36.1 Å². The number of allylic oxidation sites excluding steroid dienone is 4. The molecular formula is C24H40. The molecule has 0 atom stereocenters. The Kier molecular flexibility index (Phi) is 9.85. The first-order valence-electron chi connectivity index (χ1n) is 10.9. The Morgan fingerprint density at radius 3 is 2.04 bits per heavy atom. The lowest BCUT2D eigenvalue weighted by atomic mass is 9.69. The largest absolute Gasteiger partial charge is 0.0883 e. The van der Waals surface area contributed by atoms with Crippen molar-refractivity contribution < 1.29 is 0 Å². The van der Waals surface area contributed by atoms with Crippen LogP contribution in [-0.2, 0) is 0 Å². The van der Waals surface area contributed by atoms with Gasteiger partial charge in [0.15, 0.2) is 0 Å². The van der Waals surface area contributed by atoms with Crippen molar-refractivity contribution in [1.29, 1.82) is 0 Å². The van der Waals surface area contributed by atoms with Crippen molar-refractivity contribution in [3.63, 3.8) is 0 Å². The maximum absolute atomic E-state index is 2.53. The van der Waals surface area contributed by atoms with E-state index in [1.807, 2.05) is 5.92 Å². The molecule has 0 saturated heterocycles. The van der Waals surface area contributed by atoms with E-state index in [-0.39, 0.29) is 0 Å². The normalized spacial score (nSPS) is 22.9. The van der Waals surface area contributed by atoms with E-state index in [2.05, 4.69) is 38.2 Å². The highest BCUT2D eigenvalue weighted by atomic mass is 14.3. The third-order valence-corrected chi connectivity index (χ3v) is 6.09. The van der Waals surface area contributed by atoms with E-state index in [1.54, 1.807) is 5.92 Å². The van der Waals surface area contributed by atoms with Gasteiger partial charge >= 0.3 is 0 Å². The molecule has 0 bridgehead atoms. The summed E-state index contributed by atoms with van der Waals surface area (Å²) >= 11 is 0. The van der Waals surface area contributed by atoms with Gasteiger partial charge in [-0.15, -0.1) is 0 Å². The van der Waals surface area contributed by atoms with Crippen LogP contribution >= 0.6 is 0 Å². The molecule has 0 aliphatic heterocycles. The summed E-state index contributed by atoms with van der Waals surface area (Å²) in [5.41, 5.74) is 0. The first-order valence-corrected chi connectivity index (χ1v) is 10.9. The molecule has 2 fully saturated rings. The zero-order valence-corrected chi connectivity index (χ0v) is 16.4. The predicted octanol–water partition coefficient (Wildman–Crippen LogP) is 8.01. The van der Waals surface area contributed by atoms with Gasteiger partial charge in [-0.05, 0) is 87.9 Å². The van der Waals surface area contributed by atoms with E-state index in [1.165, 1.54) is 89.9 Å². The number of hydrogen-bond donors (Lipinski definition) is 0. The number of hydrogen-bond acceptors (Lipinski definition) is 0. The zero-order chi connectivity index (χ0) is 17.0. The molecule has 0 aromatic carbocycles. The molecule has 24 heavy (non-hydrogen) atoms. The lowest BCUT2D eigenvalue weighted by Crippen LogP contribution is -2.23. The van der Waals surface area contributed by atoms with Gasteiger partial charge in [-0.1, -0.05) is 63.8 Å². The molecule has 0 unspecified atom stereocenters. The minimum Gasteiger partial charge on any atom is -0.0883 e. The van der Waals surface area contributed by atoms with Gasteiger partial charge in [-0.25, -0.2) is 0 Å². The summed E-state index contributed by atoms with van der Waals surface area (Å²) in [6, 6.07) is 0. The number of rotatable bonds is 9. The molecule has 2 saturated carbocycles. The molecule has 0 aromatic heterocycles. The standard InChI is InChI=1S/C24H40/c1-3-5-7-9-11-21-13-17-23(18-14-21)24-19-15-22(16-20-24)12-10-8-6-4-2/h9-12,21,24H,3-8,13-20H2,1-2H3/b11-9+,12-10+. The predicted molar refractivity (Wildman–Crippen MR) is 108 cm³/mol. The highest BCUT2D eigenvalue weighted by molar-refractivity contribution is 5.15. The third kappa shape index (κ3) is 7.16. The summed E-state index contributed by atoms with van der Waals surface area (Å²) in [5, 5.41) is 0. The molecular weight excluding hydrogens is 288 g/mol. The molecule has 0 heterocycles. The Morgan fingerprint density at radius 2 is 1.42 bits per heavy atom. The minimum atomic E-state index is 0.873. The van der Waals surface area contributed by atoms with Crippen LogP contribution in [-0.4, -0.2) is 0 Å². The molecule has 2 radical (unpaired) electrons. The first kappa shape index (κ1) is 19.8. The molecule has 0 N–H and O–H groups in total. The lowest BCUT2D eigenvalue weighted by Gasteiger charge is -2.36. The van der Waals surface area contributed by atoms with Crippen LogP contribution in [0.15, 0.2) is 24.3 Å². The monoisotopic (exact) mass is 328 g/mol. The molecule has 2 aliphatic rings. The van der Waals surface area contributed by atoms with E-state index in [9.17, 15) is 0 Å². The van der Waals surface area contributed by atoms with Gasteiger partial charge in [-0.2, -0.15) is 0 Å². The Hall–Kier alpha value is -0.520. The van der Waals surface area contributed by atoms with Gasteiger partial charge in [0, 0.05) is 0 Å². The molecule has 136 valence electrons. The SMILES string of the molecule is CCCC/C=C/[C]1CCC([C]2CCC(/C=C/CCCC)CC2)CC1. The van der Waals surface area contributed by atoms with Crippen LogP contribution in [0.1, 0.15) is 104 Å². The van der Waals surface area contributed by atoms with Crippen molar-refractivity contribution in [1.82, 2.24) is 0 Å². The summed E-state index contributed by atoms with van der Waals surface area (Å²) in [4.78, 5) is 0. The van der Waals surface area contributed by atoms with Crippen molar-refractivity contribution in [2.45, 2.75) is 104 Å². The fourth-order valence-corrected chi connectivity index (χ4v) is 4.36. The first-order chi connectivity index (χ1) is 11.8. The van der Waals surface area contributed by atoms with Gasteiger partial charge in [0.1, 0.15) is 0 Å². The second kappa shape index (κ2) is 11.9. The molecule has 2 rings (SSSR count). The Labute approximate surface area is 152 Å². The molecule has 0 nitrogen and oxygen atoms in total. The van der Waals surface area contributed by atoms with Crippen molar-refractivity contribution >= 4 is 0 Å². The van der Waals surface area contributed by atoms with Gasteiger partial charge in [0.2, 0.25) is 0 Å². The quantitative estimate of drug-likeness (QED) is 0.297. The van der Waals surface area contributed by atoms with Crippen LogP contribution < -0.4 is 0 Å². The fourth-order valence-electron chi connectivity index (χ4n) is 4.36.